The van der Waals surface area contributed by atoms with Crippen LogP contribution in [0.2, 0.25) is 0 Å². The summed E-state index contributed by atoms with van der Waals surface area (Å²) in [4.78, 5) is 25.8. The number of aliphatic hydroxyl groups excluding tert-OH is 1. The standard InChI is InChI=1S/C22H24O4/c1-14(23)22-20(21(25)17-11-7-4-8-12-17)18(15(2)26-22)13-19(24)16-9-5-3-6-10-16/h3-12,14-15,18,20,22-23H,13H2,1-2H3/t14?,15-,18-,20-,22+/m1/s1. The number of hydrogen-bond acceptors (Lipinski definition) is 4. The fourth-order valence-electron chi connectivity index (χ4n) is 3.77. The van der Waals surface area contributed by atoms with E-state index >= 15 is 0 Å². The molecule has 1 heterocycles. The van der Waals surface area contributed by atoms with Crippen LogP contribution in [0.5, 0.6) is 0 Å². The SMILES string of the molecule is CC(O)[C@@H]1O[C@H](C)[C@@H](CC(=O)c2ccccc2)[C@@H]1C(=O)c1ccccc1. The van der Waals surface area contributed by atoms with Crippen LogP contribution in [-0.2, 0) is 4.74 Å². The van der Waals surface area contributed by atoms with Crippen LogP contribution in [-0.4, -0.2) is 35.0 Å². The summed E-state index contributed by atoms with van der Waals surface area (Å²) in [7, 11) is 0. The van der Waals surface area contributed by atoms with Gasteiger partial charge in [0.2, 0.25) is 0 Å². The zero-order chi connectivity index (χ0) is 18.7. The maximum atomic E-state index is 13.1. The number of aliphatic hydroxyl groups is 1. The quantitative estimate of drug-likeness (QED) is 0.808. The Morgan fingerprint density at radius 1 is 1.00 bits per heavy atom. The van der Waals surface area contributed by atoms with Crippen molar-refractivity contribution in [2.75, 3.05) is 0 Å². The molecule has 1 fully saturated rings. The fourth-order valence-corrected chi connectivity index (χ4v) is 3.77. The minimum Gasteiger partial charge on any atom is -0.391 e. The Morgan fingerprint density at radius 2 is 1.54 bits per heavy atom. The predicted molar refractivity (Wildman–Crippen MR) is 99.2 cm³/mol. The first-order chi connectivity index (χ1) is 12.5. The second-order valence-corrected chi connectivity index (χ2v) is 6.96. The van der Waals surface area contributed by atoms with Crippen LogP contribution in [0.15, 0.2) is 60.7 Å². The average molecular weight is 352 g/mol. The highest BCUT2D eigenvalue weighted by atomic mass is 16.5. The van der Waals surface area contributed by atoms with Crippen LogP contribution in [0.1, 0.15) is 41.0 Å². The summed E-state index contributed by atoms with van der Waals surface area (Å²) in [5.74, 6) is -0.898. The van der Waals surface area contributed by atoms with Gasteiger partial charge in [0.1, 0.15) is 0 Å². The summed E-state index contributed by atoms with van der Waals surface area (Å²) in [5, 5.41) is 10.1. The van der Waals surface area contributed by atoms with Crippen LogP contribution in [0.25, 0.3) is 0 Å². The Kier molecular flexibility index (Phi) is 5.64. The van der Waals surface area contributed by atoms with Gasteiger partial charge >= 0.3 is 0 Å². The molecular weight excluding hydrogens is 328 g/mol. The van der Waals surface area contributed by atoms with Crippen molar-refractivity contribution in [1.29, 1.82) is 0 Å². The average Bonchev–Trinajstić information content (AvgIpc) is 2.99. The van der Waals surface area contributed by atoms with Crippen molar-refractivity contribution in [3.8, 4) is 0 Å². The molecule has 2 aromatic rings. The summed E-state index contributed by atoms with van der Waals surface area (Å²) in [5.41, 5.74) is 1.21. The van der Waals surface area contributed by atoms with E-state index in [0.29, 0.717) is 11.1 Å². The van der Waals surface area contributed by atoms with Gasteiger partial charge in [0.15, 0.2) is 11.6 Å². The van der Waals surface area contributed by atoms with E-state index in [2.05, 4.69) is 0 Å². The van der Waals surface area contributed by atoms with Crippen LogP contribution in [0.3, 0.4) is 0 Å². The summed E-state index contributed by atoms with van der Waals surface area (Å²) >= 11 is 0. The lowest BCUT2D eigenvalue weighted by molar-refractivity contribution is -0.0322. The van der Waals surface area contributed by atoms with Gasteiger partial charge in [-0.1, -0.05) is 60.7 Å². The number of carbonyl (C=O) groups is 2. The van der Waals surface area contributed by atoms with Gasteiger partial charge in [-0.15, -0.1) is 0 Å². The first-order valence-corrected chi connectivity index (χ1v) is 9.00. The van der Waals surface area contributed by atoms with E-state index in [1.165, 1.54) is 0 Å². The summed E-state index contributed by atoms with van der Waals surface area (Å²) < 4.78 is 5.90. The molecule has 3 rings (SSSR count). The Hall–Kier alpha value is -2.30. The molecule has 1 saturated heterocycles. The third-order valence-corrected chi connectivity index (χ3v) is 5.14. The summed E-state index contributed by atoms with van der Waals surface area (Å²) in [6.45, 7) is 3.50. The number of carbonyl (C=O) groups excluding carboxylic acids is 2. The highest BCUT2D eigenvalue weighted by Gasteiger charge is 2.48. The Labute approximate surface area is 153 Å². The molecule has 1 N–H and O–H groups in total. The maximum absolute atomic E-state index is 13.1. The van der Waals surface area contributed by atoms with Gasteiger partial charge < -0.3 is 9.84 Å². The Morgan fingerprint density at radius 3 is 2.08 bits per heavy atom. The molecule has 0 radical (unpaired) electrons. The monoisotopic (exact) mass is 352 g/mol. The van der Waals surface area contributed by atoms with Crippen molar-refractivity contribution in [3.05, 3.63) is 71.8 Å². The van der Waals surface area contributed by atoms with Gasteiger partial charge in [-0.3, -0.25) is 9.59 Å². The molecule has 1 aliphatic rings. The molecule has 0 saturated carbocycles. The van der Waals surface area contributed by atoms with Crippen LogP contribution in [0, 0.1) is 11.8 Å². The molecule has 2 aromatic carbocycles. The highest BCUT2D eigenvalue weighted by molar-refractivity contribution is 6.00. The first kappa shape index (κ1) is 18.5. The van der Waals surface area contributed by atoms with E-state index in [1.54, 1.807) is 31.2 Å². The summed E-state index contributed by atoms with van der Waals surface area (Å²) in [6, 6.07) is 18.1. The molecule has 5 atom stereocenters. The molecule has 26 heavy (non-hydrogen) atoms. The molecule has 136 valence electrons. The number of hydrogen-bond donors (Lipinski definition) is 1. The lowest BCUT2D eigenvalue weighted by Crippen LogP contribution is -2.36. The molecule has 1 unspecified atom stereocenters. The van der Waals surface area contributed by atoms with Crippen molar-refractivity contribution in [2.24, 2.45) is 11.8 Å². The second kappa shape index (κ2) is 7.94. The third-order valence-electron chi connectivity index (χ3n) is 5.14. The number of ketones is 2. The topological polar surface area (TPSA) is 63.6 Å². The predicted octanol–water partition coefficient (Wildman–Crippen LogP) is 3.54. The fraction of sp³-hybridized carbons (Fsp3) is 0.364. The van der Waals surface area contributed by atoms with Gasteiger partial charge in [-0.05, 0) is 13.8 Å². The largest absolute Gasteiger partial charge is 0.391 e. The van der Waals surface area contributed by atoms with Gasteiger partial charge in [0.05, 0.1) is 24.2 Å². The summed E-state index contributed by atoms with van der Waals surface area (Å²) in [6.07, 6.45) is -1.45. The van der Waals surface area contributed by atoms with Crippen molar-refractivity contribution in [3.63, 3.8) is 0 Å². The van der Waals surface area contributed by atoms with Gasteiger partial charge in [-0.2, -0.15) is 0 Å². The molecule has 4 nitrogen and oxygen atoms in total. The minimum absolute atomic E-state index is 0.0110. The zero-order valence-electron chi connectivity index (χ0n) is 15.0. The van der Waals surface area contributed by atoms with Gasteiger partial charge in [-0.25, -0.2) is 0 Å². The normalized spacial score (nSPS) is 26.4. The molecule has 0 aliphatic carbocycles. The van der Waals surface area contributed by atoms with Crippen molar-refractivity contribution < 1.29 is 19.4 Å². The highest BCUT2D eigenvalue weighted by Crippen LogP contribution is 2.39. The van der Waals surface area contributed by atoms with E-state index in [9.17, 15) is 14.7 Å². The third kappa shape index (κ3) is 3.76. The molecule has 4 heteroatoms. The Balaban J connectivity index is 1.88. The molecule has 1 aliphatic heterocycles. The van der Waals surface area contributed by atoms with Crippen molar-refractivity contribution in [1.82, 2.24) is 0 Å². The number of rotatable bonds is 6. The molecule has 0 amide bonds. The number of Topliss-reactive ketones (excluding diaryl/α,β-unsaturated/α-hetero) is 2. The first-order valence-electron chi connectivity index (χ1n) is 9.00. The van der Waals surface area contributed by atoms with Crippen LogP contribution < -0.4 is 0 Å². The van der Waals surface area contributed by atoms with E-state index in [1.807, 2.05) is 43.3 Å². The van der Waals surface area contributed by atoms with E-state index < -0.39 is 18.1 Å². The maximum Gasteiger partial charge on any atom is 0.169 e. The second-order valence-electron chi connectivity index (χ2n) is 6.96. The molecular formula is C22H24O4. The lowest BCUT2D eigenvalue weighted by atomic mass is 9.77. The van der Waals surface area contributed by atoms with Crippen LogP contribution in [0.4, 0.5) is 0 Å². The number of ether oxygens (including phenoxy) is 1. The van der Waals surface area contributed by atoms with Crippen molar-refractivity contribution in [2.45, 2.75) is 38.6 Å². The molecule has 0 aromatic heterocycles. The van der Waals surface area contributed by atoms with E-state index in [0.717, 1.165) is 0 Å². The van der Waals surface area contributed by atoms with E-state index in [4.69, 9.17) is 4.74 Å². The van der Waals surface area contributed by atoms with Crippen molar-refractivity contribution >= 4 is 11.6 Å². The molecule has 0 bridgehead atoms. The van der Waals surface area contributed by atoms with E-state index in [-0.39, 0.29) is 30.0 Å². The molecule has 0 spiro atoms. The zero-order valence-corrected chi connectivity index (χ0v) is 15.0. The Bertz CT molecular complexity index is 754. The smallest absolute Gasteiger partial charge is 0.169 e. The number of benzene rings is 2. The minimum atomic E-state index is -0.785. The van der Waals surface area contributed by atoms with Crippen LogP contribution >= 0.6 is 0 Å². The van der Waals surface area contributed by atoms with Gasteiger partial charge in [0, 0.05) is 23.5 Å². The lowest BCUT2D eigenvalue weighted by Gasteiger charge is -2.23. The van der Waals surface area contributed by atoms with Gasteiger partial charge in [0.25, 0.3) is 0 Å².